The van der Waals surface area contributed by atoms with Gasteiger partial charge in [-0.15, -0.1) is 0 Å². The van der Waals surface area contributed by atoms with Gasteiger partial charge in [-0.05, 0) is 44.2 Å². The third kappa shape index (κ3) is 5.09. The molecule has 25 heavy (non-hydrogen) atoms. The molecule has 132 valence electrons. The maximum Gasteiger partial charge on any atom is 0.271 e. The number of nitrogens with zero attached hydrogens (tertiary/aromatic N) is 1. The van der Waals surface area contributed by atoms with E-state index in [9.17, 15) is 14.9 Å². The second-order valence-electron chi connectivity index (χ2n) is 5.23. The Labute approximate surface area is 150 Å². The van der Waals surface area contributed by atoms with Crippen molar-refractivity contribution in [1.29, 1.82) is 0 Å². The van der Waals surface area contributed by atoms with E-state index in [2.05, 4.69) is 10.6 Å². The summed E-state index contributed by atoms with van der Waals surface area (Å²) in [5.41, 5.74) is 0.796. The summed E-state index contributed by atoms with van der Waals surface area (Å²) in [5.74, 6) is 0.379. The Balaban J connectivity index is 2.02. The molecule has 0 bridgehead atoms. The van der Waals surface area contributed by atoms with E-state index >= 15 is 0 Å². The Morgan fingerprint density at radius 2 is 1.96 bits per heavy atom. The zero-order valence-corrected chi connectivity index (χ0v) is 14.5. The van der Waals surface area contributed by atoms with Gasteiger partial charge in [0.2, 0.25) is 5.91 Å². The number of nitrogens with one attached hydrogen (secondary N) is 2. The summed E-state index contributed by atoms with van der Waals surface area (Å²) in [4.78, 5) is 22.6. The molecule has 0 heterocycles. The van der Waals surface area contributed by atoms with Crippen LogP contribution in [-0.4, -0.2) is 23.5 Å². The molecule has 2 aromatic rings. The van der Waals surface area contributed by atoms with Crippen molar-refractivity contribution in [2.75, 3.05) is 17.2 Å². The molecule has 1 atom stereocenters. The van der Waals surface area contributed by atoms with Crippen LogP contribution < -0.4 is 15.4 Å². The van der Waals surface area contributed by atoms with Crippen molar-refractivity contribution in [3.05, 3.63) is 57.6 Å². The first-order chi connectivity index (χ1) is 11.9. The highest BCUT2D eigenvalue weighted by Crippen LogP contribution is 2.27. The average molecular weight is 364 g/mol. The molecule has 0 radical (unpaired) electrons. The van der Waals surface area contributed by atoms with Crippen molar-refractivity contribution in [1.82, 2.24) is 0 Å². The molecule has 7 nitrogen and oxygen atoms in total. The summed E-state index contributed by atoms with van der Waals surface area (Å²) in [7, 11) is 0. The van der Waals surface area contributed by atoms with Gasteiger partial charge in [0.25, 0.3) is 5.69 Å². The van der Waals surface area contributed by atoms with Crippen LogP contribution in [0.15, 0.2) is 42.5 Å². The Kier molecular flexibility index (Phi) is 6.19. The van der Waals surface area contributed by atoms with E-state index in [-0.39, 0.29) is 22.3 Å². The number of amides is 1. The SMILES string of the molecule is CCOc1ccc(NC(C)C(=O)Nc2cc([N+](=O)[O-])ccc2Cl)cc1. The number of ether oxygens (including phenoxy) is 1. The van der Waals surface area contributed by atoms with Gasteiger partial charge in [-0.3, -0.25) is 14.9 Å². The first-order valence-corrected chi connectivity index (χ1v) is 8.02. The number of rotatable bonds is 7. The molecular weight excluding hydrogens is 346 g/mol. The fourth-order valence-electron chi connectivity index (χ4n) is 2.09. The number of benzene rings is 2. The van der Waals surface area contributed by atoms with E-state index in [1.807, 2.05) is 6.92 Å². The van der Waals surface area contributed by atoms with Gasteiger partial charge in [-0.1, -0.05) is 11.6 Å². The summed E-state index contributed by atoms with van der Waals surface area (Å²) >= 11 is 5.99. The fourth-order valence-corrected chi connectivity index (χ4v) is 2.26. The number of nitro benzene ring substituents is 1. The van der Waals surface area contributed by atoms with E-state index in [4.69, 9.17) is 16.3 Å². The van der Waals surface area contributed by atoms with Crippen LogP contribution in [0.4, 0.5) is 17.1 Å². The summed E-state index contributed by atoms with van der Waals surface area (Å²) in [6.07, 6.45) is 0. The number of anilines is 2. The summed E-state index contributed by atoms with van der Waals surface area (Å²) < 4.78 is 5.36. The molecule has 0 spiro atoms. The van der Waals surface area contributed by atoms with Crippen LogP contribution in [0.3, 0.4) is 0 Å². The van der Waals surface area contributed by atoms with Crippen molar-refractivity contribution in [2.24, 2.45) is 0 Å². The minimum atomic E-state index is -0.576. The monoisotopic (exact) mass is 363 g/mol. The lowest BCUT2D eigenvalue weighted by Gasteiger charge is -2.16. The Morgan fingerprint density at radius 1 is 1.28 bits per heavy atom. The Morgan fingerprint density at radius 3 is 2.56 bits per heavy atom. The molecule has 0 fully saturated rings. The second-order valence-corrected chi connectivity index (χ2v) is 5.64. The third-order valence-electron chi connectivity index (χ3n) is 3.36. The largest absolute Gasteiger partial charge is 0.494 e. The van der Waals surface area contributed by atoms with E-state index in [0.717, 1.165) is 11.4 Å². The van der Waals surface area contributed by atoms with Crippen LogP contribution in [0, 0.1) is 10.1 Å². The topological polar surface area (TPSA) is 93.5 Å². The van der Waals surface area contributed by atoms with E-state index < -0.39 is 11.0 Å². The fraction of sp³-hybridized carbons (Fsp3) is 0.235. The van der Waals surface area contributed by atoms with Crippen LogP contribution in [-0.2, 0) is 4.79 Å². The molecule has 0 saturated heterocycles. The van der Waals surface area contributed by atoms with Gasteiger partial charge in [0.05, 0.1) is 22.2 Å². The van der Waals surface area contributed by atoms with Crippen molar-refractivity contribution in [2.45, 2.75) is 19.9 Å². The van der Waals surface area contributed by atoms with Gasteiger partial charge in [0.1, 0.15) is 11.8 Å². The number of non-ortho nitro benzene ring substituents is 1. The van der Waals surface area contributed by atoms with Gasteiger partial charge in [0.15, 0.2) is 0 Å². The number of carbonyl (C=O) groups is 1. The maximum atomic E-state index is 12.3. The summed E-state index contributed by atoms with van der Waals surface area (Å²) in [6.45, 7) is 4.16. The van der Waals surface area contributed by atoms with Gasteiger partial charge in [-0.25, -0.2) is 0 Å². The second kappa shape index (κ2) is 8.34. The van der Waals surface area contributed by atoms with Crippen molar-refractivity contribution in [3.8, 4) is 5.75 Å². The number of halogens is 1. The first-order valence-electron chi connectivity index (χ1n) is 7.65. The first kappa shape index (κ1) is 18.5. The molecule has 2 N–H and O–H groups in total. The maximum absolute atomic E-state index is 12.3. The molecule has 2 aromatic carbocycles. The Hall–Kier alpha value is -2.80. The number of hydrogen-bond acceptors (Lipinski definition) is 5. The van der Waals surface area contributed by atoms with Crippen LogP contribution >= 0.6 is 11.6 Å². The molecule has 0 aliphatic rings. The highest BCUT2D eigenvalue weighted by Gasteiger charge is 2.16. The summed E-state index contributed by atoms with van der Waals surface area (Å²) in [5, 5.41) is 16.7. The summed E-state index contributed by atoms with van der Waals surface area (Å²) in [6, 6.07) is 10.5. The smallest absolute Gasteiger partial charge is 0.271 e. The quantitative estimate of drug-likeness (QED) is 0.571. The molecule has 0 aliphatic heterocycles. The van der Waals surface area contributed by atoms with E-state index in [1.165, 1.54) is 18.2 Å². The van der Waals surface area contributed by atoms with Crippen molar-refractivity contribution in [3.63, 3.8) is 0 Å². The molecule has 0 saturated carbocycles. The molecule has 8 heteroatoms. The van der Waals surface area contributed by atoms with Crippen LogP contribution in [0.5, 0.6) is 5.75 Å². The molecule has 2 rings (SSSR count). The predicted molar refractivity (Wildman–Crippen MR) is 97.4 cm³/mol. The van der Waals surface area contributed by atoms with Crippen molar-refractivity contribution < 1.29 is 14.5 Å². The zero-order valence-electron chi connectivity index (χ0n) is 13.8. The third-order valence-corrected chi connectivity index (χ3v) is 3.69. The van der Waals surface area contributed by atoms with Gasteiger partial charge >= 0.3 is 0 Å². The normalized spacial score (nSPS) is 11.5. The lowest BCUT2D eigenvalue weighted by Crippen LogP contribution is -2.31. The van der Waals surface area contributed by atoms with Gasteiger partial charge in [-0.2, -0.15) is 0 Å². The predicted octanol–water partition coefficient (Wildman–Crippen LogP) is 4.09. The van der Waals surface area contributed by atoms with Gasteiger partial charge < -0.3 is 15.4 Å². The minimum absolute atomic E-state index is 0.146. The number of nitro groups is 1. The minimum Gasteiger partial charge on any atom is -0.494 e. The average Bonchev–Trinajstić information content (AvgIpc) is 2.58. The van der Waals surface area contributed by atoms with E-state index in [0.29, 0.717) is 6.61 Å². The lowest BCUT2D eigenvalue weighted by molar-refractivity contribution is -0.384. The zero-order chi connectivity index (χ0) is 18.4. The van der Waals surface area contributed by atoms with Crippen LogP contribution in [0.2, 0.25) is 5.02 Å². The molecular formula is C17H18ClN3O4. The van der Waals surface area contributed by atoms with Crippen LogP contribution in [0.25, 0.3) is 0 Å². The van der Waals surface area contributed by atoms with Crippen LogP contribution in [0.1, 0.15) is 13.8 Å². The number of hydrogen-bond donors (Lipinski definition) is 2. The highest BCUT2D eigenvalue weighted by atomic mass is 35.5. The van der Waals surface area contributed by atoms with Gasteiger partial charge in [0, 0.05) is 17.8 Å². The molecule has 0 aliphatic carbocycles. The standard InChI is InChI=1S/C17H18ClN3O4/c1-3-25-14-7-4-12(5-8-14)19-11(2)17(22)20-16-10-13(21(23)24)6-9-15(16)18/h4-11,19H,3H2,1-2H3,(H,20,22). The lowest BCUT2D eigenvalue weighted by atomic mass is 10.2. The van der Waals surface area contributed by atoms with Crippen molar-refractivity contribution >= 4 is 34.6 Å². The molecule has 1 amide bonds. The highest BCUT2D eigenvalue weighted by molar-refractivity contribution is 6.33. The molecule has 1 unspecified atom stereocenters. The molecule has 0 aromatic heterocycles. The Bertz CT molecular complexity index is 765. The number of carbonyl (C=O) groups excluding carboxylic acids is 1. The van der Waals surface area contributed by atoms with E-state index in [1.54, 1.807) is 31.2 Å².